The average Bonchev–Trinajstić information content (AvgIpc) is 3.19. The largest absolute Gasteiger partial charge is 0.508 e. The van der Waals surface area contributed by atoms with Crippen molar-refractivity contribution >= 4 is 11.3 Å². The van der Waals surface area contributed by atoms with E-state index in [0.29, 0.717) is 23.2 Å². The van der Waals surface area contributed by atoms with Crippen LogP contribution < -0.4 is 5.32 Å². The number of phenols is 1. The topological polar surface area (TPSA) is 54.4 Å². The lowest BCUT2D eigenvalue weighted by molar-refractivity contribution is 0.181. The summed E-state index contributed by atoms with van der Waals surface area (Å²) in [7, 11) is 1.62. The number of ether oxygens (including phenoxy) is 1. The first-order valence-corrected chi connectivity index (χ1v) is 7.69. The summed E-state index contributed by atoms with van der Waals surface area (Å²) in [6, 6.07) is 4.74. The molecule has 2 N–H and O–H groups in total. The van der Waals surface area contributed by atoms with Crippen LogP contribution in [-0.2, 0) is 17.9 Å². The molecule has 0 spiro atoms. The highest BCUT2D eigenvalue weighted by atomic mass is 32.1. The van der Waals surface area contributed by atoms with Gasteiger partial charge in [-0.1, -0.05) is 0 Å². The van der Waals surface area contributed by atoms with Crippen LogP contribution in [0.5, 0.6) is 5.75 Å². The van der Waals surface area contributed by atoms with Crippen LogP contribution in [0.3, 0.4) is 0 Å². The maximum atomic E-state index is 13.9. The number of nitrogens with zero attached hydrogens (tertiary/aromatic N) is 1. The third-order valence-electron chi connectivity index (χ3n) is 3.37. The summed E-state index contributed by atoms with van der Waals surface area (Å²) < 4.78 is 19.1. The maximum absolute atomic E-state index is 13.9. The number of benzene rings is 1. The van der Waals surface area contributed by atoms with Crippen LogP contribution in [0.1, 0.15) is 23.4 Å². The van der Waals surface area contributed by atoms with Crippen LogP contribution >= 0.6 is 11.3 Å². The number of thiazole rings is 1. The Balaban J connectivity index is 1.88. The van der Waals surface area contributed by atoms with Crippen LogP contribution in [0.15, 0.2) is 18.2 Å². The molecule has 0 unspecified atom stereocenters. The molecule has 6 heteroatoms. The van der Waals surface area contributed by atoms with Gasteiger partial charge in [0.2, 0.25) is 0 Å². The number of aromatic hydroxyl groups is 1. The number of halogens is 1. The number of methoxy groups -OCH3 is 1. The molecule has 0 saturated heterocycles. The van der Waals surface area contributed by atoms with Crippen LogP contribution in [-0.4, -0.2) is 23.2 Å². The minimum atomic E-state index is -0.464. The van der Waals surface area contributed by atoms with Crippen molar-refractivity contribution in [1.29, 1.82) is 0 Å². The monoisotopic (exact) mass is 308 g/mol. The Bertz CT molecular complexity index is 641. The number of phenolic OH excluding ortho intramolecular Hbond substituents is 1. The van der Waals surface area contributed by atoms with Crippen molar-refractivity contribution < 1.29 is 14.2 Å². The highest BCUT2D eigenvalue weighted by Gasteiger charge is 2.22. The maximum Gasteiger partial charge on any atom is 0.137 e. The Morgan fingerprint density at radius 3 is 2.95 bits per heavy atom. The van der Waals surface area contributed by atoms with Crippen molar-refractivity contribution in [1.82, 2.24) is 10.3 Å². The number of hydrogen-bond donors (Lipinski definition) is 2. The molecule has 0 aliphatic heterocycles. The fourth-order valence-corrected chi connectivity index (χ4v) is 3.13. The van der Waals surface area contributed by atoms with Gasteiger partial charge in [-0.2, -0.15) is 0 Å². The summed E-state index contributed by atoms with van der Waals surface area (Å²) in [6.07, 6.45) is 2.44. The van der Waals surface area contributed by atoms with Gasteiger partial charge >= 0.3 is 0 Å². The Morgan fingerprint density at radius 2 is 2.29 bits per heavy atom. The number of rotatable bonds is 6. The Kier molecular flexibility index (Phi) is 4.19. The predicted octanol–water partition coefficient (Wildman–Crippen LogP) is 3.05. The molecule has 1 aromatic carbocycles. The second-order valence-corrected chi connectivity index (χ2v) is 6.22. The fourth-order valence-electron chi connectivity index (χ4n) is 2.09. The summed E-state index contributed by atoms with van der Waals surface area (Å²) in [5.41, 5.74) is 1.26. The SMILES string of the molecule is COCc1nc(-c2ccc(O)cc2F)sc1CNC1CC1. The van der Waals surface area contributed by atoms with E-state index in [9.17, 15) is 9.50 Å². The van der Waals surface area contributed by atoms with Crippen LogP contribution in [0.4, 0.5) is 4.39 Å². The zero-order valence-electron chi connectivity index (χ0n) is 11.7. The van der Waals surface area contributed by atoms with E-state index in [-0.39, 0.29) is 5.75 Å². The molecule has 1 heterocycles. The summed E-state index contributed by atoms with van der Waals surface area (Å²) in [6.45, 7) is 1.15. The summed E-state index contributed by atoms with van der Waals surface area (Å²) in [5.74, 6) is -0.546. The quantitative estimate of drug-likeness (QED) is 0.861. The van der Waals surface area contributed by atoms with Crippen LogP contribution in [0, 0.1) is 5.82 Å². The van der Waals surface area contributed by atoms with Crippen molar-refractivity contribution in [2.24, 2.45) is 0 Å². The van der Waals surface area contributed by atoms with E-state index < -0.39 is 5.82 Å². The normalized spacial score (nSPS) is 14.6. The van der Waals surface area contributed by atoms with Crippen molar-refractivity contribution in [2.45, 2.75) is 32.0 Å². The third-order valence-corrected chi connectivity index (χ3v) is 4.50. The van der Waals surface area contributed by atoms with Gasteiger partial charge in [-0.3, -0.25) is 0 Å². The van der Waals surface area contributed by atoms with Gasteiger partial charge in [-0.15, -0.1) is 11.3 Å². The highest BCUT2D eigenvalue weighted by molar-refractivity contribution is 7.15. The summed E-state index contributed by atoms with van der Waals surface area (Å²) in [5, 5.41) is 13.4. The van der Waals surface area contributed by atoms with Gasteiger partial charge in [-0.05, 0) is 25.0 Å². The zero-order chi connectivity index (χ0) is 14.8. The van der Waals surface area contributed by atoms with E-state index in [1.54, 1.807) is 13.2 Å². The second kappa shape index (κ2) is 6.09. The molecule has 0 radical (unpaired) electrons. The Labute approximate surface area is 126 Å². The van der Waals surface area contributed by atoms with Gasteiger partial charge < -0.3 is 15.2 Å². The molecule has 1 aliphatic rings. The first kappa shape index (κ1) is 14.4. The Morgan fingerprint density at radius 1 is 1.48 bits per heavy atom. The standard InChI is InChI=1S/C15H17FN2O2S/c1-20-8-13-14(7-17-9-2-3-9)21-15(18-13)11-5-4-10(19)6-12(11)16/h4-6,9,17,19H,2-3,7-8H2,1H3. The summed E-state index contributed by atoms with van der Waals surface area (Å²) in [4.78, 5) is 5.57. The van der Waals surface area contributed by atoms with E-state index in [4.69, 9.17) is 4.74 Å². The van der Waals surface area contributed by atoms with Gasteiger partial charge in [0.25, 0.3) is 0 Å². The molecule has 2 aromatic rings. The molecule has 112 valence electrons. The molecule has 4 nitrogen and oxygen atoms in total. The van der Waals surface area contributed by atoms with Crippen LogP contribution in [0.25, 0.3) is 10.6 Å². The molecule has 0 bridgehead atoms. The van der Waals surface area contributed by atoms with Crippen molar-refractivity contribution in [3.63, 3.8) is 0 Å². The predicted molar refractivity (Wildman–Crippen MR) is 79.7 cm³/mol. The number of nitrogens with one attached hydrogen (secondary N) is 1. The van der Waals surface area contributed by atoms with Crippen molar-refractivity contribution in [3.8, 4) is 16.3 Å². The van der Waals surface area contributed by atoms with E-state index in [1.165, 1.54) is 30.2 Å². The molecule has 0 atom stereocenters. The molecule has 21 heavy (non-hydrogen) atoms. The van der Waals surface area contributed by atoms with Gasteiger partial charge in [0, 0.05) is 36.2 Å². The molecule has 1 aromatic heterocycles. The van der Waals surface area contributed by atoms with Gasteiger partial charge in [0.15, 0.2) is 0 Å². The van der Waals surface area contributed by atoms with Gasteiger partial charge in [0.05, 0.1) is 12.3 Å². The fraction of sp³-hybridized carbons (Fsp3) is 0.400. The van der Waals surface area contributed by atoms with Gasteiger partial charge in [0.1, 0.15) is 16.6 Å². The minimum absolute atomic E-state index is 0.0828. The van der Waals surface area contributed by atoms with E-state index in [2.05, 4.69) is 10.3 Å². The second-order valence-electron chi connectivity index (χ2n) is 5.14. The average molecular weight is 308 g/mol. The van der Waals surface area contributed by atoms with E-state index in [0.717, 1.165) is 23.2 Å². The molecule has 3 rings (SSSR count). The molecular weight excluding hydrogens is 291 g/mol. The minimum Gasteiger partial charge on any atom is -0.508 e. The third kappa shape index (κ3) is 3.40. The van der Waals surface area contributed by atoms with Crippen molar-refractivity contribution in [3.05, 3.63) is 34.6 Å². The summed E-state index contributed by atoms with van der Waals surface area (Å²) >= 11 is 1.47. The molecule has 1 fully saturated rings. The number of hydrogen-bond acceptors (Lipinski definition) is 5. The lowest BCUT2D eigenvalue weighted by atomic mass is 10.2. The molecule has 1 saturated carbocycles. The van der Waals surface area contributed by atoms with E-state index in [1.807, 2.05) is 0 Å². The highest BCUT2D eigenvalue weighted by Crippen LogP contribution is 2.32. The lowest BCUT2D eigenvalue weighted by Crippen LogP contribution is -2.15. The molecule has 0 amide bonds. The van der Waals surface area contributed by atoms with Crippen LogP contribution in [0.2, 0.25) is 0 Å². The van der Waals surface area contributed by atoms with Gasteiger partial charge in [-0.25, -0.2) is 9.37 Å². The first-order chi connectivity index (χ1) is 10.2. The zero-order valence-corrected chi connectivity index (χ0v) is 12.5. The molecule has 1 aliphatic carbocycles. The lowest BCUT2D eigenvalue weighted by Gasteiger charge is -2.02. The van der Waals surface area contributed by atoms with E-state index >= 15 is 0 Å². The van der Waals surface area contributed by atoms with Crippen molar-refractivity contribution in [2.75, 3.05) is 7.11 Å². The Hall–Kier alpha value is -1.50. The smallest absolute Gasteiger partial charge is 0.137 e. The number of aromatic nitrogens is 1. The first-order valence-electron chi connectivity index (χ1n) is 6.87. The molecular formula is C15H17FN2O2S.